The summed E-state index contributed by atoms with van der Waals surface area (Å²) in [5, 5.41) is 21.3. The largest absolute Gasteiger partial charge is 0.390 e. The van der Waals surface area contributed by atoms with Gasteiger partial charge in [-0.05, 0) is 37.1 Å². The number of hydrogen-bond donors (Lipinski definition) is 2. The maximum Gasteiger partial charge on any atom is 0.191 e. The normalized spacial score (nSPS) is 37.9. The summed E-state index contributed by atoms with van der Waals surface area (Å²) >= 11 is 0. The van der Waals surface area contributed by atoms with E-state index >= 15 is 0 Å². The zero-order valence-electron chi connectivity index (χ0n) is 15.2. The molecule has 2 rings (SSSR count). The molecule has 0 aromatic rings. The Morgan fingerprint density at radius 2 is 1.96 bits per heavy atom. The second-order valence-electron chi connectivity index (χ2n) is 7.88. The highest BCUT2D eigenvalue weighted by atomic mass is 16.7. The van der Waals surface area contributed by atoms with Gasteiger partial charge in [0.15, 0.2) is 5.79 Å². The first-order valence-electron chi connectivity index (χ1n) is 8.80. The van der Waals surface area contributed by atoms with Crippen LogP contribution in [0, 0.1) is 5.41 Å². The van der Waals surface area contributed by atoms with Crippen LogP contribution >= 0.6 is 0 Å². The number of likely N-dealkylation sites (N-methyl/N-ethyl adjacent to an activating group) is 1. The molecule has 134 valence electrons. The first kappa shape index (κ1) is 18.9. The molecule has 1 aliphatic heterocycles. The van der Waals surface area contributed by atoms with E-state index < -0.39 is 22.9 Å². The van der Waals surface area contributed by atoms with Gasteiger partial charge < -0.3 is 24.6 Å². The minimum Gasteiger partial charge on any atom is -0.390 e. The lowest BCUT2D eigenvalue weighted by Gasteiger charge is -2.46. The quantitative estimate of drug-likeness (QED) is 0.756. The first-order valence-corrected chi connectivity index (χ1v) is 8.80. The standard InChI is InChI=1S/C18H33NO4/c1-6-10-19(7-2)12-14-13-22-17(23-14)8-9-18(21,15(20)11-17)16(3,4)5/h8-9,14-15,20-21H,6-7,10-13H2,1-5H3. The fraction of sp³-hybridized carbons (Fsp3) is 0.889. The fourth-order valence-electron chi connectivity index (χ4n) is 3.46. The highest BCUT2D eigenvalue weighted by molar-refractivity contribution is 5.20. The lowest BCUT2D eigenvalue weighted by Crippen LogP contribution is -2.56. The molecule has 4 unspecified atom stereocenters. The lowest BCUT2D eigenvalue weighted by atomic mass is 9.69. The van der Waals surface area contributed by atoms with E-state index in [-0.39, 0.29) is 12.5 Å². The predicted octanol–water partition coefficient (Wildman–Crippen LogP) is 1.93. The van der Waals surface area contributed by atoms with Crippen molar-refractivity contribution in [1.82, 2.24) is 4.90 Å². The third-order valence-corrected chi connectivity index (χ3v) is 5.11. The molecule has 1 spiro atoms. The molecule has 0 aromatic carbocycles. The summed E-state index contributed by atoms with van der Waals surface area (Å²) in [5.41, 5.74) is -1.72. The molecule has 2 aliphatic rings. The average Bonchev–Trinajstić information content (AvgIpc) is 2.84. The highest BCUT2D eigenvalue weighted by Crippen LogP contribution is 2.44. The SMILES string of the molecule is CCCN(CC)CC1COC2(C=CC(O)(C(C)(C)C)C(O)C2)O1. The maximum absolute atomic E-state index is 10.8. The third-order valence-electron chi connectivity index (χ3n) is 5.11. The monoisotopic (exact) mass is 327 g/mol. The number of hydrogen-bond acceptors (Lipinski definition) is 5. The van der Waals surface area contributed by atoms with Crippen molar-refractivity contribution in [1.29, 1.82) is 0 Å². The van der Waals surface area contributed by atoms with Crippen molar-refractivity contribution >= 4 is 0 Å². The van der Waals surface area contributed by atoms with Crippen LogP contribution in [0.15, 0.2) is 12.2 Å². The molecule has 0 radical (unpaired) electrons. The van der Waals surface area contributed by atoms with Crippen LogP contribution in [0.3, 0.4) is 0 Å². The molecule has 2 N–H and O–H groups in total. The summed E-state index contributed by atoms with van der Waals surface area (Å²) in [6.45, 7) is 13.5. The predicted molar refractivity (Wildman–Crippen MR) is 90.1 cm³/mol. The van der Waals surface area contributed by atoms with Gasteiger partial charge in [-0.1, -0.05) is 34.6 Å². The fourth-order valence-corrected chi connectivity index (χ4v) is 3.46. The molecule has 0 amide bonds. The Bertz CT molecular complexity index is 433. The number of aliphatic hydroxyl groups is 2. The van der Waals surface area contributed by atoms with Gasteiger partial charge in [-0.2, -0.15) is 0 Å². The highest BCUT2D eigenvalue weighted by Gasteiger charge is 2.53. The van der Waals surface area contributed by atoms with Crippen molar-refractivity contribution in [2.24, 2.45) is 5.41 Å². The van der Waals surface area contributed by atoms with E-state index in [4.69, 9.17) is 9.47 Å². The summed E-state index contributed by atoms with van der Waals surface area (Å²) in [4.78, 5) is 2.35. The Morgan fingerprint density at radius 3 is 2.48 bits per heavy atom. The molecule has 0 bridgehead atoms. The van der Waals surface area contributed by atoms with Crippen molar-refractivity contribution < 1.29 is 19.7 Å². The summed E-state index contributed by atoms with van der Waals surface area (Å²) < 4.78 is 12.0. The number of ether oxygens (including phenoxy) is 2. The van der Waals surface area contributed by atoms with Gasteiger partial charge >= 0.3 is 0 Å². The van der Waals surface area contributed by atoms with Crippen LogP contribution in [-0.2, 0) is 9.47 Å². The Morgan fingerprint density at radius 1 is 1.26 bits per heavy atom. The Hall–Kier alpha value is -0.460. The van der Waals surface area contributed by atoms with E-state index in [0.29, 0.717) is 6.61 Å². The average molecular weight is 327 g/mol. The molecular formula is C18H33NO4. The topological polar surface area (TPSA) is 62.2 Å². The lowest BCUT2D eigenvalue weighted by molar-refractivity contribution is -0.198. The van der Waals surface area contributed by atoms with E-state index in [1.165, 1.54) is 0 Å². The number of nitrogens with zero attached hydrogens (tertiary/aromatic N) is 1. The van der Waals surface area contributed by atoms with Crippen LogP contribution in [0.2, 0.25) is 0 Å². The summed E-state index contributed by atoms with van der Waals surface area (Å²) in [5.74, 6) is -0.896. The Labute approximate surface area is 140 Å². The van der Waals surface area contributed by atoms with Crippen LogP contribution in [0.25, 0.3) is 0 Å². The van der Waals surface area contributed by atoms with Crippen LogP contribution in [0.5, 0.6) is 0 Å². The van der Waals surface area contributed by atoms with Gasteiger partial charge in [0.1, 0.15) is 5.60 Å². The molecule has 5 nitrogen and oxygen atoms in total. The minimum absolute atomic E-state index is 0.000760. The van der Waals surface area contributed by atoms with Crippen LogP contribution in [0.4, 0.5) is 0 Å². The van der Waals surface area contributed by atoms with E-state index in [1.807, 2.05) is 20.8 Å². The van der Waals surface area contributed by atoms with Crippen LogP contribution in [0.1, 0.15) is 47.5 Å². The molecule has 0 saturated carbocycles. The van der Waals surface area contributed by atoms with E-state index in [9.17, 15) is 10.2 Å². The molecule has 1 heterocycles. The molecular weight excluding hydrogens is 294 g/mol. The summed E-state index contributed by atoms with van der Waals surface area (Å²) in [7, 11) is 0. The van der Waals surface area contributed by atoms with E-state index in [1.54, 1.807) is 12.2 Å². The zero-order valence-corrected chi connectivity index (χ0v) is 15.2. The van der Waals surface area contributed by atoms with Crippen molar-refractivity contribution in [2.45, 2.75) is 71.1 Å². The maximum atomic E-state index is 10.8. The molecule has 1 aliphatic carbocycles. The van der Waals surface area contributed by atoms with Gasteiger partial charge in [0.2, 0.25) is 0 Å². The van der Waals surface area contributed by atoms with E-state index in [2.05, 4.69) is 18.7 Å². The van der Waals surface area contributed by atoms with Crippen LogP contribution < -0.4 is 0 Å². The van der Waals surface area contributed by atoms with Gasteiger partial charge in [-0.25, -0.2) is 0 Å². The third kappa shape index (κ3) is 3.80. The van der Waals surface area contributed by atoms with Crippen LogP contribution in [-0.4, -0.2) is 65.0 Å². The first-order chi connectivity index (χ1) is 10.7. The smallest absolute Gasteiger partial charge is 0.191 e. The summed E-state index contributed by atoms with van der Waals surface area (Å²) in [6, 6.07) is 0. The second-order valence-corrected chi connectivity index (χ2v) is 7.88. The summed E-state index contributed by atoms with van der Waals surface area (Å²) in [6.07, 6.45) is 3.91. The van der Waals surface area contributed by atoms with Gasteiger partial charge in [0.25, 0.3) is 0 Å². The van der Waals surface area contributed by atoms with Gasteiger partial charge in [-0.15, -0.1) is 0 Å². The molecule has 1 fully saturated rings. The number of aliphatic hydroxyl groups excluding tert-OH is 1. The van der Waals surface area contributed by atoms with Crippen molar-refractivity contribution in [3.8, 4) is 0 Å². The minimum atomic E-state index is -1.26. The van der Waals surface area contributed by atoms with Crippen molar-refractivity contribution in [3.63, 3.8) is 0 Å². The van der Waals surface area contributed by atoms with E-state index in [0.717, 1.165) is 26.1 Å². The van der Waals surface area contributed by atoms with Gasteiger partial charge in [0, 0.05) is 13.0 Å². The number of rotatable bonds is 5. The molecule has 5 heteroatoms. The molecule has 1 saturated heterocycles. The zero-order chi connectivity index (χ0) is 17.3. The van der Waals surface area contributed by atoms with Crippen molar-refractivity contribution in [3.05, 3.63) is 12.2 Å². The second kappa shape index (κ2) is 6.81. The molecule has 23 heavy (non-hydrogen) atoms. The van der Waals surface area contributed by atoms with Crippen molar-refractivity contribution in [2.75, 3.05) is 26.2 Å². The molecule has 0 aromatic heterocycles. The Kier molecular flexibility index (Phi) is 5.58. The molecule has 4 atom stereocenters. The Balaban J connectivity index is 2.05. The van der Waals surface area contributed by atoms with Gasteiger partial charge in [-0.3, -0.25) is 0 Å². The van der Waals surface area contributed by atoms with Gasteiger partial charge in [0.05, 0.1) is 18.8 Å².